The number of amides is 3. The summed E-state index contributed by atoms with van der Waals surface area (Å²) in [5, 5.41) is 17.8. The molecule has 3 unspecified atom stereocenters. The Balaban J connectivity index is 1.36. The molecule has 0 radical (unpaired) electrons. The second-order valence-electron chi connectivity index (χ2n) is 12.7. The van der Waals surface area contributed by atoms with E-state index in [4.69, 9.17) is 4.74 Å². The number of ether oxygens (including phenoxy) is 1. The molecule has 1 aromatic heterocycles. The van der Waals surface area contributed by atoms with Gasteiger partial charge in [-0.1, -0.05) is 45.4 Å². The van der Waals surface area contributed by atoms with Gasteiger partial charge < -0.3 is 24.5 Å². The van der Waals surface area contributed by atoms with Crippen molar-refractivity contribution in [2.75, 3.05) is 37.7 Å². The Kier molecular flexibility index (Phi) is 10.8. The number of aliphatic hydroxyl groups is 1. The maximum absolute atomic E-state index is 14.9. The molecule has 2 bridgehead atoms. The second-order valence-corrected chi connectivity index (χ2v) is 15.4. The number of hydrogen-bond donors (Lipinski definition) is 1. The van der Waals surface area contributed by atoms with Gasteiger partial charge in [0, 0.05) is 42.0 Å². The molecule has 0 aliphatic carbocycles. The number of carbonyl (C=O) groups excluding carboxylic acids is 3. The highest BCUT2D eigenvalue weighted by molar-refractivity contribution is 9.09. The highest BCUT2D eigenvalue weighted by atomic mass is 79.9. The van der Waals surface area contributed by atoms with Crippen LogP contribution in [-0.2, 0) is 21.1 Å². The minimum Gasteiger partial charge on any atom is -0.494 e. The molecule has 0 saturated carbocycles. The van der Waals surface area contributed by atoms with Crippen LogP contribution < -0.4 is 9.64 Å². The van der Waals surface area contributed by atoms with E-state index < -0.39 is 22.6 Å². The van der Waals surface area contributed by atoms with Crippen molar-refractivity contribution in [3.8, 4) is 5.75 Å². The van der Waals surface area contributed by atoms with Gasteiger partial charge in [0.15, 0.2) is 0 Å². The Morgan fingerprint density at radius 3 is 2.57 bits per heavy atom. The number of fused-ring (bicyclic) bond motifs is 2. The largest absolute Gasteiger partial charge is 0.494 e. The van der Waals surface area contributed by atoms with Crippen LogP contribution in [0.5, 0.6) is 5.75 Å². The first kappa shape index (κ1) is 35.2. The van der Waals surface area contributed by atoms with Crippen LogP contribution in [0, 0.1) is 11.8 Å². The molecule has 3 amide bonds. The number of carbonyl (C=O) groups is 3. The van der Waals surface area contributed by atoms with Gasteiger partial charge in [-0.2, -0.15) is 0 Å². The van der Waals surface area contributed by atoms with Crippen molar-refractivity contribution in [2.45, 2.75) is 60.1 Å². The lowest BCUT2D eigenvalue weighted by Crippen LogP contribution is -2.56. The van der Waals surface area contributed by atoms with Gasteiger partial charge in [-0.3, -0.25) is 14.4 Å². The molecule has 1 spiro atoms. The van der Waals surface area contributed by atoms with E-state index in [1.54, 1.807) is 43.3 Å². The lowest BCUT2D eigenvalue weighted by Gasteiger charge is -2.38. The zero-order valence-corrected chi connectivity index (χ0v) is 30.1. The van der Waals surface area contributed by atoms with Gasteiger partial charge in [0.2, 0.25) is 17.7 Å². The molecular formula is C36H43BrN6O5S. The first-order chi connectivity index (χ1) is 23.8. The van der Waals surface area contributed by atoms with E-state index in [1.807, 2.05) is 55.5 Å². The maximum Gasteiger partial charge on any atom is 0.248 e. The highest BCUT2D eigenvalue weighted by Crippen LogP contribution is 2.68. The number of hydrogen-bond acceptors (Lipinski definition) is 8. The van der Waals surface area contributed by atoms with Gasteiger partial charge in [0.1, 0.15) is 24.0 Å². The number of anilines is 1. The molecule has 3 aliphatic rings. The van der Waals surface area contributed by atoms with Crippen LogP contribution in [0.25, 0.3) is 11.0 Å². The highest BCUT2D eigenvalue weighted by Gasteiger charge is 2.76. The minimum atomic E-state index is -0.813. The van der Waals surface area contributed by atoms with Crippen LogP contribution in [0.2, 0.25) is 0 Å². The molecule has 1 N–H and O–H groups in total. The van der Waals surface area contributed by atoms with Gasteiger partial charge in [-0.25, -0.2) is 4.68 Å². The molecule has 260 valence electrons. The molecular weight excluding hydrogens is 708 g/mol. The molecule has 3 fully saturated rings. The number of likely N-dealkylation sites (tertiary alicyclic amines) is 1. The van der Waals surface area contributed by atoms with Crippen molar-refractivity contribution in [2.24, 2.45) is 11.8 Å². The third-order valence-corrected chi connectivity index (χ3v) is 13.0. The number of benzene rings is 2. The number of aromatic nitrogens is 3. The number of rotatable bonds is 16. The topological polar surface area (TPSA) is 121 Å². The maximum atomic E-state index is 14.9. The number of aliphatic hydroxyl groups excluding tert-OH is 1. The van der Waals surface area contributed by atoms with Gasteiger partial charge >= 0.3 is 0 Å². The summed E-state index contributed by atoms with van der Waals surface area (Å²) in [4.78, 5) is 49.4. The fourth-order valence-corrected chi connectivity index (χ4v) is 11.4. The van der Waals surface area contributed by atoms with Crippen LogP contribution >= 0.6 is 27.7 Å². The van der Waals surface area contributed by atoms with E-state index in [2.05, 4.69) is 39.4 Å². The Morgan fingerprint density at radius 1 is 1.10 bits per heavy atom. The fourth-order valence-electron chi connectivity index (χ4n) is 7.75. The predicted octanol–water partition coefficient (Wildman–Crippen LogP) is 4.65. The zero-order chi connectivity index (χ0) is 34.7. The van der Waals surface area contributed by atoms with Crippen LogP contribution in [0.1, 0.15) is 32.6 Å². The van der Waals surface area contributed by atoms with Gasteiger partial charge in [0.05, 0.1) is 28.7 Å². The van der Waals surface area contributed by atoms with Crippen LogP contribution in [0.15, 0.2) is 73.8 Å². The molecule has 3 saturated heterocycles. The Morgan fingerprint density at radius 2 is 1.86 bits per heavy atom. The summed E-state index contributed by atoms with van der Waals surface area (Å²) in [6.07, 6.45) is 5.89. The van der Waals surface area contributed by atoms with Crippen LogP contribution in [-0.4, -0.2) is 101 Å². The molecule has 13 heteroatoms. The first-order valence-electron chi connectivity index (χ1n) is 16.9. The summed E-state index contributed by atoms with van der Waals surface area (Å²) in [5.74, 6) is -1.14. The number of nitrogens with zero attached hydrogens (tertiary/aromatic N) is 6. The van der Waals surface area contributed by atoms with Gasteiger partial charge in [0.25, 0.3) is 0 Å². The third-order valence-electron chi connectivity index (χ3n) is 9.79. The Labute approximate surface area is 299 Å². The monoisotopic (exact) mass is 750 g/mol. The second kappa shape index (κ2) is 15.1. The summed E-state index contributed by atoms with van der Waals surface area (Å²) in [6, 6.07) is 14.2. The van der Waals surface area contributed by atoms with Crippen molar-refractivity contribution in [3.05, 3.63) is 73.8 Å². The Hall–Kier alpha value is -3.68. The van der Waals surface area contributed by atoms with Crippen molar-refractivity contribution in [1.82, 2.24) is 24.8 Å². The average Bonchev–Trinajstić information content (AvgIpc) is 3.82. The summed E-state index contributed by atoms with van der Waals surface area (Å²) in [5.41, 5.74) is 2.21. The van der Waals surface area contributed by atoms with Crippen molar-refractivity contribution >= 4 is 62.1 Å². The van der Waals surface area contributed by atoms with E-state index in [1.165, 1.54) is 0 Å². The molecule has 6 atom stereocenters. The minimum absolute atomic E-state index is 0.0614. The molecule has 2 aromatic carbocycles. The van der Waals surface area contributed by atoms with Gasteiger partial charge in [-0.05, 0) is 69.0 Å². The van der Waals surface area contributed by atoms with E-state index in [-0.39, 0.29) is 54.2 Å². The quantitative estimate of drug-likeness (QED) is 0.128. The normalized spacial score (nSPS) is 25.4. The van der Waals surface area contributed by atoms with E-state index in [0.29, 0.717) is 50.3 Å². The number of unbranched alkanes of at least 4 members (excludes halogenated alkanes) is 2. The summed E-state index contributed by atoms with van der Waals surface area (Å²) >= 11 is 5.51. The standard InChI is InChI=1S/C36H43BrN6O5S/c1-4-18-40(23-43-28-13-9-8-12-27(28)38-39-43)35(47)32-36-22-26(37)31(49-36)29(30(36)34(46)42(32)20-10-7-11-21-44)33(45)41(19-5-2)24-14-16-25(17-15-24)48-6-3/h4-5,8-9,12-17,26,29-32,44H,1-2,6-7,10-11,18-23H2,3H3/t26?,29-,30+,31-,32?,36?/m1/s1. The van der Waals surface area contributed by atoms with Crippen molar-refractivity contribution in [3.63, 3.8) is 0 Å². The molecule has 49 heavy (non-hydrogen) atoms. The molecule has 11 nitrogen and oxygen atoms in total. The molecule has 6 rings (SSSR count). The molecule has 3 aliphatic heterocycles. The lowest BCUT2D eigenvalue weighted by molar-refractivity contribution is -0.143. The molecule has 4 heterocycles. The Bertz CT molecular complexity index is 1700. The van der Waals surface area contributed by atoms with E-state index in [9.17, 15) is 19.5 Å². The van der Waals surface area contributed by atoms with Gasteiger partial charge in [-0.15, -0.1) is 30.0 Å². The summed E-state index contributed by atoms with van der Waals surface area (Å²) < 4.78 is 6.50. The zero-order valence-electron chi connectivity index (χ0n) is 27.7. The van der Waals surface area contributed by atoms with Crippen LogP contribution in [0.3, 0.4) is 0 Å². The van der Waals surface area contributed by atoms with E-state index >= 15 is 0 Å². The summed E-state index contributed by atoms with van der Waals surface area (Å²) in [6.45, 7) is 11.4. The van der Waals surface area contributed by atoms with E-state index in [0.717, 1.165) is 11.0 Å². The SMILES string of the molecule is C=CCN(Cn1nnc2ccccc21)C(=O)C1N(CCCCCO)C(=O)[C@@H]2[C@@H](C(=O)N(CC=C)c3ccc(OCC)cc3)[C@@H]3SC12CC3Br. The fraction of sp³-hybridized carbons (Fsp3) is 0.472. The van der Waals surface area contributed by atoms with Crippen molar-refractivity contribution < 1.29 is 24.2 Å². The lowest BCUT2D eigenvalue weighted by atomic mass is 9.70. The molecule has 3 aromatic rings. The average molecular weight is 752 g/mol. The number of halogens is 1. The summed E-state index contributed by atoms with van der Waals surface area (Å²) in [7, 11) is 0. The number of thioether (sulfide) groups is 1. The third kappa shape index (κ3) is 6.41. The number of alkyl halides is 1. The first-order valence-corrected chi connectivity index (χ1v) is 18.6. The number of para-hydroxylation sites is 1. The van der Waals surface area contributed by atoms with Crippen molar-refractivity contribution in [1.29, 1.82) is 0 Å². The smallest absolute Gasteiger partial charge is 0.248 e. The van der Waals surface area contributed by atoms with Crippen LogP contribution in [0.4, 0.5) is 5.69 Å². The predicted molar refractivity (Wildman–Crippen MR) is 194 cm³/mol.